The first kappa shape index (κ1) is 15.1. The minimum Gasteiger partial charge on any atom is -0.480 e. The van der Waals surface area contributed by atoms with Gasteiger partial charge in [-0.2, -0.15) is 0 Å². The Hall–Kier alpha value is -1.98. The van der Waals surface area contributed by atoms with Crippen molar-refractivity contribution in [2.45, 2.75) is 32.2 Å². The Labute approximate surface area is 109 Å². The van der Waals surface area contributed by atoms with Crippen molar-refractivity contribution in [1.82, 2.24) is 5.32 Å². The van der Waals surface area contributed by atoms with Gasteiger partial charge in [-0.15, -0.1) is 0 Å². The Morgan fingerprint density at radius 1 is 1.32 bits per heavy atom. The fourth-order valence-corrected chi connectivity index (χ4v) is 1.63. The summed E-state index contributed by atoms with van der Waals surface area (Å²) in [6, 6.07) is 2.18. The number of benzene rings is 1. The lowest BCUT2D eigenvalue weighted by Crippen LogP contribution is -2.41. The molecule has 0 spiro atoms. The van der Waals surface area contributed by atoms with E-state index in [9.17, 15) is 18.4 Å². The van der Waals surface area contributed by atoms with Crippen molar-refractivity contribution in [2.24, 2.45) is 0 Å². The number of rotatable bonds is 6. The van der Waals surface area contributed by atoms with E-state index in [0.29, 0.717) is 12.8 Å². The molecule has 1 amide bonds. The summed E-state index contributed by atoms with van der Waals surface area (Å²) in [5.41, 5.74) is 0.289. The van der Waals surface area contributed by atoms with Crippen LogP contribution in [0.4, 0.5) is 8.78 Å². The maximum atomic E-state index is 12.9. The quantitative estimate of drug-likeness (QED) is 0.830. The lowest BCUT2D eigenvalue weighted by atomic mass is 10.1. The highest BCUT2D eigenvalue weighted by Gasteiger charge is 2.18. The van der Waals surface area contributed by atoms with Gasteiger partial charge in [-0.05, 0) is 24.1 Å². The lowest BCUT2D eigenvalue weighted by molar-refractivity contribution is -0.141. The maximum absolute atomic E-state index is 12.9. The van der Waals surface area contributed by atoms with E-state index in [1.807, 2.05) is 0 Å². The van der Waals surface area contributed by atoms with E-state index in [-0.39, 0.29) is 12.0 Å². The first-order valence-electron chi connectivity index (χ1n) is 5.90. The number of halogens is 2. The third-order valence-corrected chi connectivity index (χ3v) is 2.56. The molecule has 0 saturated heterocycles. The van der Waals surface area contributed by atoms with Gasteiger partial charge in [0.2, 0.25) is 5.91 Å². The standard InChI is InChI=1S/C13H15F2NO3/c1-2-3-11(13(18)19)16-12(17)7-8-4-5-9(14)10(15)6-8/h4-6,11H,2-3,7H2,1H3,(H,16,17)(H,18,19). The summed E-state index contributed by atoms with van der Waals surface area (Å²) >= 11 is 0. The number of carboxylic acids is 1. The molecule has 1 aromatic carbocycles. The van der Waals surface area contributed by atoms with Crippen molar-refractivity contribution in [3.8, 4) is 0 Å². The first-order chi connectivity index (χ1) is 8.93. The van der Waals surface area contributed by atoms with Gasteiger partial charge in [0.25, 0.3) is 0 Å². The molecule has 0 saturated carbocycles. The summed E-state index contributed by atoms with van der Waals surface area (Å²) < 4.78 is 25.6. The molecule has 0 aliphatic heterocycles. The minimum atomic E-state index is -1.11. The topological polar surface area (TPSA) is 66.4 Å². The van der Waals surface area contributed by atoms with Gasteiger partial charge >= 0.3 is 5.97 Å². The molecule has 0 heterocycles. The van der Waals surface area contributed by atoms with Crippen LogP contribution in [0.2, 0.25) is 0 Å². The van der Waals surface area contributed by atoms with Crippen LogP contribution in [0.25, 0.3) is 0 Å². The van der Waals surface area contributed by atoms with E-state index in [1.54, 1.807) is 6.92 Å². The molecule has 0 aromatic heterocycles. The fraction of sp³-hybridized carbons (Fsp3) is 0.385. The van der Waals surface area contributed by atoms with E-state index < -0.39 is 29.6 Å². The summed E-state index contributed by atoms with van der Waals surface area (Å²) in [5.74, 6) is -3.67. The third kappa shape index (κ3) is 4.65. The van der Waals surface area contributed by atoms with Crippen molar-refractivity contribution < 1.29 is 23.5 Å². The smallest absolute Gasteiger partial charge is 0.326 e. The Kier molecular flexibility index (Phi) is 5.41. The molecule has 1 rings (SSSR count). The Bertz CT molecular complexity index is 477. The number of carbonyl (C=O) groups excluding carboxylic acids is 1. The van der Waals surface area contributed by atoms with Gasteiger partial charge in [0.1, 0.15) is 6.04 Å². The zero-order chi connectivity index (χ0) is 14.4. The lowest BCUT2D eigenvalue weighted by Gasteiger charge is -2.13. The molecule has 6 heteroatoms. The number of carboxylic acid groups (broad SMARTS) is 1. The Balaban J connectivity index is 2.63. The van der Waals surface area contributed by atoms with E-state index in [0.717, 1.165) is 12.1 Å². The molecule has 1 atom stereocenters. The average Bonchev–Trinajstić information content (AvgIpc) is 2.33. The Morgan fingerprint density at radius 2 is 2.00 bits per heavy atom. The average molecular weight is 271 g/mol. The second kappa shape index (κ2) is 6.82. The molecule has 0 radical (unpaired) electrons. The number of hydrogen-bond acceptors (Lipinski definition) is 2. The number of aliphatic carboxylic acids is 1. The summed E-state index contributed by atoms with van der Waals surface area (Å²) in [5, 5.41) is 11.2. The van der Waals surface area contributed by atoms with Gasteiger partial charge in [-0.1, -0.05) is 19.4 Å². The fourth-order valence-electron chi connectivity index (χ4n) is 1.63. The monoisotopic (exact) mass is 271 g/mol. The van der Waals surface area contributed by atoms with Crippen LogP contribution in [0.5, 0.6) is 0 Å². The van der Waals surface area contributed by atoms with Crippen LogP contribution in [0.15, 0.2) is 18.2 Å². The first-order valence-corrected chi connectivity index (χ1v) is 5.90. The maximum Gasteiger partial charge on any atom is 0.326 e. The largest absolute Gasteiger partial charge is 0.480 e. The zero-order valence-electron chi connectivity index (χ0n) is 10.5. The molecule has 0 fully saturated rings. The van der Waals surface area contributed by atoms with Gasteiger partial charge < -0.3 is 10.4 Å². The molecule has 4 nitrogen and oxygen atoms in total. The predicted octanol–water partition coefficient (Wildman–Crippen LogP) is 1.88. The second-order valence-electron chi connectivity index (χ2n) is 4.17. The number of carbonyl (C=O) groups is 2. The Morgan fingerprint density at radius 3 is 2.53 bits per heavy atom. The number of amides is 1. The van der Waals surface area contributed by atoms with Gasteiger partial charge in [-0.3, -0.25) is 4.79 Å². The van der Waals surface area contributed by atoms with Gasteiger partial charge in [0, 0.05) is 0 Å². The highest BCUT2D eigenvalue weighted by Crippen LogP contribution is 2.09. The van der Waals surface area contributed by atoms with Crippen molar-refractivity contribution >= 4 is 11.9 Å². The summed E-state index contributed by atoms with van der Waals surface area (Å²) in [4.78, 5) is 22.5. The molecule has 19 heavy (non-hydrogen) atoms. The molecule has 0 aliphatic carbocycles. The molecule has 0 aliphatic rings. The molecular weight excluding hydrogens is 256 g/mol. The predicted molar refractivity (Wildman–Crippen MR) is 64.5 cm³/mol. The van der Waals surface area contributed by atoms with Crippen molar-refractivity contribution in [1.29, 1.82) is 0 Å². The summed E-state index contributed by atoms with van der Waals surface area (Å²) in [6.45, 7) is 1.80. The van der Waals surface area contributed by atoms with Crippen molar-refractivity contribution in [2.75, 3.05) is 0 Å². The van der Waals surface area contributed by atoms with Crippen LogP contribution >= 0.6 is 0 Å². The van der Waals surface area contributed by atoms with E-state index in [2.05, 4.69) is 5.32 Å². The van der Waals surface area contributed by atoms with E-state index >= 15 is 0 Å². The van der Waals surface area contributed by atoms with Crippen LogP contribution in [-0.2, 0) is 16.0 Å². The highest BCUT2D eigenvalue weighted by molar-refractivity contribution is 5.84. The highest BCUT2D eigenvalue weighted by atomic mass is 19.2. The molecule has 2 N–H and O–H groups in total. The van der Waals surface area contributed by atoms with Crippen LogP contribution in [0, 0.1) is 11.6 Å². The summed E-state index contributed by atoms with van der Waals surface area (Å²) in [6.07, 6.45) is 0.742. The summed E-state index contributed by atoms with van der Waals surface area (Å²) in [7, 11) is 0. The van der Waals surface area contributed by atoms with Crippen molar-refractivity contribution in [3.63, 3.8) is 0 Å². The van der Waals surface area contributed by atoms with Crippen LogP contribution in [-0.4, -0.2) is 23.0 Å². The van der Waals surface area contributed by atoms with E-state index in [1.165, 1.54) is 6.07 Å². The van der Waals surface area contributed by atoms with Crippen molar-refractivity contribution in [3.05, 3.63) is 35.4 Å². The van der Waals surface area contributed by atoms with Gasteiger partial charge in [0.05, 0.1) is 6.42 Å². The van der Waals surface area contributed by atoms with Gasteiger partial charge in [-0.25, -0.2) is 13.6 Å². The molecular formula is C13H15F2NO3. The SMILES string of the molecule is CCCC(NC(=O)Cc1ccc(F)c(F)c1)C(=O)O. The van der Waals surface area contributed by atoms with Crippen LogP contribution in [0.1, 0.15) is 25.3 Å². The molecule has 0 bridgehead atoms. The van der Waals surface area contributed by atoms with Crippen LogP contribution in [0.3, 0.4) is 0 Å². The van der Waals surface area contributed by atoms with Crippen LogP contribution < -0.4 is 5.32 Å². The molecule has 1 aromatic rings. The molecule has 1 unspecified atom stereocenters. The zero-order valence-corrected chi connectivity index (χ0v) is 10.5. The minimum absolute atomic E-state index is 0.190. The van der Waals surface area contributed by atoms with E-state index in [4.69, 9.17) is 5.11 Å². The van der Waals surface area contributed by atoms with Gasteiger partial charge in [0.15, 0.2) is 11.6 Å². The number of nitrogens with one attached hydrogen (secondary N) is 1. The molecule has 104 valence electrons. The second-order valence-corrected chi connectivity index (χ2v) is 4.17. The third-order valence-electron chi connectivity index (χ3n) is 2.56. The number of hydrogen-bond donors (Lipinski definition) is 2. The normalized spacial score (nSPS) is 11.9.